The SMILES string of the molecule is Cc1[nH]c2ccc(C(C)C)cc2c1CC1CCNCC1. The van der Waals surface area contributed by atoms with E-state index < -0.39 is 0 Å². The summed E-state index contributed by atoms with van der Waals surface area (Å²) in [5.41, 5.74) is 5.66. The Morgan fingerprint density at radius 1 is 1.20 bits per heavy atom. The highest BCUT2D eigenvalue weighted by molar-refractivity contribution is 5.85. The van der Waals surface area contributed by atoms with Crippen LogP contribution in [0.4, 0.5) is 0 Å². The first-order valence-corrected chi connectivity index (χ1v) is 7.97. The van der Waals surface area contributed by atoms with Gasteiger partial charge in [-0.3, -0.25) is 0 Å². The molecule has 0 spiro atoms. The average molecular weight is 270 g/mol. The molecular formula is C18H26N2. The van der Waals surface area contributed by atoms with Crippen LogP contribution in [0.15, 0.2) is 18.2 Å². The fourth-order valence-electron chi connectivity index (χ4n) is 3.40. The summed E-state index contributed by atoms with van der Waals surface area (Å²) in [5, 5.41) is 4.91. The van der Waals surface area contributed by atoms with E-state index in [4.69, 9.17) is 0 Å². The van der Waals surface area contributed by atoms with Gasteiger partial charge in [-0.2, -0.15) is 0 Å². The van der Waals surface area contributed by atoms with Gasteiger partial charge in [-0.15, -0.1) is 0 Å². The lowest BCUT2D eigenvalue weighted by Crippen LogP contribution is -2.28. The van der Waals surface area contributed by atoms with E-state index >= 15 is 0 Å². The predicted octanol–water partition coefficient (Wildman–Crippen LogP) is 4.14. The summed E-state index contributed by atoms with van der Waals surface area (Å²) >= 11 is 0. The van der Waals surface area contributed by atoms with Crippen molar-refractivity contribution < 1.29 is 0 Å². The van der Waals surface area contributed by atoms with Gasteiger partial charge in [-0.05, 0) is 74.4 Å². The van der Waals surface area contributed by atoms with Gasteiger partial charge in [0.1, 0.15) is 0 Å². The first-order valence-electron chi connectivity index (χ1n) is 7.97. The molecule has 0 bridgehead atoms. The third-order valence-corrected chi connectivity index (χ3v) is 4.76. The molecule has 1 saturated heterocycles. The lowest BCUT2D eigenvalue weighted by Gasteiger charge is -2.22. The molecule has 0 unspecified atom stereocenters. The molecule has 0 aliphatic carbocycles. The van der Waals surface area contributed by atoms with Gasteiger partial charge in [-0.1, -0.05) is 19.9 Å². The summed E-state index contributed by atoms with van der Waals surface area (Å²) in [6.45, 7) is 9.14. The lowest BCUT2D eigenvalue weighted by atomic mass is 9.89. The van der Waals surface area contributed by atoms with Crippen LogP contribution in [0.1, 0.15) is 49.4 Å². The minimum absolute atomic E-state index is 0.598. The Labute approximate surface area is 122 Å². The van der Waals surface area contributed by atoms with Gasteiger partial charge >= 0.3 is 0 Å². The van der Waals surface area contributed by atoms with Crippen molar-refractivity contribution in [2.24, 2.45) is 5.92 Å². The molecular weight excluding hydrogens is 244 g/mol. The van der Waals surface area contributed by atoms with E-state index in [-0.39, 0.29) is 0 Å². The number of aromatic nitrogens is 1. The van der Waals surface area contributed by atoms with E-state index in [0.717, 1.165) is 5.92 Å². The number of piperidine rings is 1. The number of nitrogens with one attached hydrogen (secondary N) is 2. The van der Waals surface area contributed by atoms with Gasteiger partial charge in [0.25, 0.3) is 0 Å². The molecule has 0 atom stereocenters. The smallest absolute Gasteiger partial charge is 0.0459 e. The summed E-state index contributed by atoms with van der Waals surface area (Å²) in [4.78, 5) is 3.57. The second kappa shape index (κ2) is 5.61. The molecule has 1 aromatic heterocycles. The maximum absolute atomic E-state index is 3.57. The standard InChI is InChI=1S/C18H26N2/c1-12(2)15-4-5-18-17(11-15)16(13(3)20-18)10-14-6-8-19-9-7-14/h4-5,11-12,14,19-20H,6-10H2,1-3H3. The molecule has 2 nitrogen and oxygen atoms in total. The molecule has 1 fully saturated rings. The molecule has 0 radical (unpaired) electrons. The number of fused-ring (bicyclic) bond motifs is 1. The molecule has 0 amide bonds. The normalized spacial score (nSPS) is 17.2. The molecule has 2 N–H and O–H groups in total. The maximum Gasteiger partial charge on any atom is 0.0459 e. The molecule has 1 aliphatic rings. The molecule has 2 heteroatoms. The van der Waals surface area contributed by atoms with E-state index in [0.29, 0.717) is 5.92 Å². The first kappa shape index (κ1) is 13.7. The highest BCUT2D eigenvalue weighted by Crippen LogP contribution is 2.29. The molecule has 3 rings (SSSR count). The summed E-state index contributed by atoms with van der Waals surface area (Å²) in [6, 6.07) is 6.92. The van der Waals surface area contributed by atoms with Crippen molar-refractivity contribution in [1.29, 1.82) is 0 Å². The maximum atomic E-state index is 3.57. The van der Waals surface area contributed by atoms with E-state index in [9.17, 15) is 0 Å². The third kappa shape index (κ3) is 2.62. The van der Waals surface area contributed by atoms with Crippen LogP contribution in [0.2, 0.25) is 0 Å². The molecule has 2 aromatic rings. The summed E-state index contributed by atoms with van der Waals surface area (Å²) in [6.07, 6.45) is 3.86. The monoisotopic (exact) mass is 270 g/mol. The highest BCUT2D eigenvalue weighted by Gasteiger charge is 2.17. The molecule has 108 valence electrons. The van der Waals surface area contributed by atoms with E-state index in [1.807, 2.05) is 0 Å². The van der Waals surface area contributed by atoms with Crippen molar-refractivity contribution in [2.75, 3.05) is 13.1 Å². The van der Waals surface area contributed by atoms with Gasteiger partial charge in [0.2, 0.25) is 0 Å². The van der Waals surface area contributed by atoms with Crippen molar-refractivity contribution >= 4 is 10.9 Å². The van der Waals surface area contributed by atoms with Gasteiger partial charge in [0, 0.05) is 16.6 Å². The van der Waals surface area contributed by atoms with Gasteiger partial charge < -0.3 is 10.3 Å². The summed E-state index contributed by atoms with van der Waals surface area (Å²) in [7, 11) is 0. The van der Waals surface area contributed by atoms with Crippen molar-refractivity contribution in [2.45, 2.75) is 46.0 Å². The quantitative estimate of drug-likeness (QED) is 0.862. The molecule has 2 heterocycles. The zero-order valence-corrected chi connectivity index (χ0v) is 12.9. The van der Waals surface area contributed by atoms with Crippen molar-refractivity contribution in [3.8, 4) is 0 Å². The van der Waals surface area contributed by atoms with Crippen LogP contribution in [0.3, 0.4) is 0 Å². The second-order valence-corrected chi connectivity index (χ2v) is 6.59. The fourth-order valence-corrected chi connectivity index (χ4v) is 3.40. The topological polar surface area (TPSA) is 27.8 Å². The Hall–Kier alpha value is -1.28. The molecule has 0 saturated carbocycles. The number of rotatable bonds is 3. The van der Waals surface area contributed by atoms with Crippen LogP contribution in [0.5, 0.6) is 0 Å². The predicted molar refractivity (Wildman–Crippen MR) is 86.4 cm³/mol. The van der Waals surface area contributed by atoms with Crippen molar-refractivity contribution in [3.63, 3.8) is 0 Å². The number of H-pyrrole nitrogens is 1. The number of hydrogen-bond acceptors (Lipinski definition) is 1. The Kier molecular flexibility index (Phi) is 3.84. The Morgan fingerprint density at radius 3 is 2.65 bits per heavy atom. The zero-order valence-electron chi connectivity index (χ0n) is 12.9. The van der Waals surface area contributed by atoms with Crippen molar-refractivity contribution in [3.05, 3.63) is 35.0 Å². The number of aromatic amines is 1. The van der Waals surface area contributed by atoms with Gasteiger partial charge in [0.05, 0.1) is 0 Å². The first-order chi connectivity index (χ1) is 9.65. The molecule has 1 aliphatic heterocycles. The zero-order chi connectivity index (χ0) is 14.1. The van der Waals surface area contributed by atoms with Crippen LogP contribution in [0.25, 0.3) is 10.9 Å². The molecule has 1 aromatic carbocycles. The summed E-state index contributed by atoms with van der Waals surface area (Å²) < 4.78 is 0. The minimum atomic E-state index is 0.598. The van der Waals surface area contributed by atoms with Crippen LogP contribution >= 0.6 is 0 Å². The molecule has 20 heavy (non-hydrogen) atoms. The largest absolute Gasteiger partial charge is 0.358 e. The number of aryl methyl sites for hydroxylation is 1. The van der Waals surface area contributed by atoms with Crippen LogP contribution < -0.4 is 5.32 Å². The number of hydrogen-bond donors (Lipinski definition) is 2. The van der Waals surface area contributed by atoms with E-state index in [1.54, 1.807) is 5.56 Å². The van der Waals surface area contributed by atoms with E-state index in [1.165, 1.54) is 54.5 Å². The summed E-state index contributed by atoms with van der Waals surface area (Å²) in [5.74, 6) is 1.44. The van der Waals surface area contributed by atoms with Crippen molar-refractivity contribution in [1.82, 2.24) is 10.3 Å². The average Bonchev–Trinajstić information content (AvgIpc) is 2.75. The van der Waals surface area contributed by atoms with Crippen LogP contribution in [-0.4, -0.2) is 18.1 Å². The van der Waals surface area contributed by atoms with E-state index in [2.05, 4.69) is 49.3 Å². The third-order valence-electron chi connectivity index (χ3n) is 4.76. The second-order valence-electron chi connectivity index (χ2n) is 6.59. The van der Waals surface area contributed by atoms with Gasteiger partial charge in [0.15, 0.2) is 0 Å². The Balaban J connectivity index is 1.95. The van der Waals surface area contributed by atoms with Crippen LogP contribution in [0, 0.1) is 12.8 Å². The minimum Gasteiger partial charge on any atom is -0.358 e. The lowest BCUT2D eigenvalue weighted by molar-refractivity contribution is 0.373. The number of benzene rings is 1. The Bertz CT molecular complexity index is 589. The Morgan fingerprint density at radius 2 is 1.95 bits per heavy atom. The highest BCUT2D eigenvalue weighted by atomic mass is 14.9. The fraction of sp³-hybridized carbons (Fsp3) is 0.556. The van der Waals surface area contributed by atoms with Gasteiger partial charge in [-0.25, -0.2) is 0 Å². The van der Waals surface area contributed by atoms with Crippen LogP contribution in [-0.2, 0) is 6.42 Å².